The zero-order valence-electron chi connectivity index (χ0n) is 18.1. The summed E-state index contributed by atoms with van der Waals surface area (Å²) in [5.74, 6) is 3.13. The highest BCUT2D eigenvalue weighted by Crippen LogP contribution is 2.35. The number of amides is 1. The molecule has 1 N–H and O–H groups in total. The van der Waals surface area contributed by atoms with Crippen molar-refractivity contribution in [2.45, 2.75) is 27.3 Å². The number of benzene rings is 3. The molecule has 3 aromatic carbocycles. The average Bonchev–Trinajstić information content (AvgIpc) is 3.15. The third-order valence-electron chi connectivity index (χ3n) is 5.52. The molecule has 1 amide bonds. The van der Waals surface area contributed by atoms with Gasteiger partial charge in [0.1, 0.15) is 5.82 Å². The monoisotopic (exact) mass is 407 g/mol. The summed E-state index contributed by atoms with van der Waals surface area (Å²) in [5.41, 5.74) is 8.25. The van der Waals surface area contributed by atoms with Gasteiger partial charge in [-0.3, -0.25) is 4.79 Å². The normalized spacial score (nSPS) is 10.8. The molecule has 0 aliphatic rings. The fourth-order valence-electron chi connectivity index (χ4n) is 4.06. The van der Waals surface area contributed by atoms with Crippen LogP contribution in [0.5, 0.6) is 0 Å². The second-order valence-electron chi connectivity index (χ2n) is 7.63. The number of aromatic nitrogens is 2. The molecule has 4 rings (SSSR count). The van der Waals surface area contributed by atoms with Crippen molar-refractivity contribution >= 4 is 16.9 Å². The number of hydrogen-bond acceptors (Lipinski definition) is 2. The van der Waals surface area contributed by atoms with Gasteiger partial charge >= 0.3 is 0 Å². The standard InChI is InChI=1S/C27H25N3O/c1-5-15-28-27(31)20-12-14-25-24(17-20)29-26(30(25)6-2)23-10-8-7-9-22(23)21-13-11-18(3)16-19(21)4/h1,7-14,16-17H,6,15H2,2-4H3,(H,28,31). The number of carbonyl (C=O) groups is 1. The third-order valence-corrected chi connectivity index (χ3v) is 5.52. The smallest absolute Gasteiger partial charge is 0.252 e. The summed E-state index contributed by atoms with van der Waals surface area (Å²) < 4.78 is 2.20. The molecule has 1 aromatic heterocycles. The molecule has 0 radical (unpaired) electrons. The number of imidazole rings is 1. The van der Waals surface area contributed by atoms with Gasteiger partial charge in [-0.15, -0.1) is 6.42 Å². The van der Waals surface area contributed by atoms with Crippen molar-refractivity contribution in [3.05, 3.63) is 77.4 Å². The molecule has 4 nitrogen and oxygen atoms in total. The number of fused-ring (bicyclic) bond motifs is 1. The minimum Gasteiger partial charge on any atom is -0.341 e. The number of carbonyl (C=O) groups excluding carboxylic acids is 1. The van der Waals surface area contributed by atoms with Crippen LogP contribution in [0.15, 0.2) is 60.7 Å². The number of aryl methyl sites for hydroxylation is 3. The van der Waals surface area contributed by atoms with E-state index >= 15 is 0 Å². The highest BCUT2D eigenvalue weighted by Gasteiger charge is 2.17. The third kappa shape index (κ3) is 3.83. The van der Waals surface area contributed by atoms with Gasteiger partial charge in [0.15, 0.2) is 0 Å². The summed E-state index contributed by atoms with van der Waals surface area (Å²) >= 11 is 0. The summed E-state index contributed by atoms with van der Waals surface area (Å²) in [4.78, 5) is 17.3. The van der Waals surface area contributed by atoms with Crippen LogP contribution in [0.3, 0.4) is 0 Å². The summed E-state index contributed by atoms with van der Waals surface area (Å²) in [6.07, 6.45) is 5.25. The van der Waals surface area contributed by atoms with Gasteiger partial charge in [0.25, 0.3) is 5.91 Å². The predicted molar refractivity (Wildman–Crippen MR) is 127 cm³/mol. The fourth-order valence-corrected chi connectivity index (χ4v) is 4.06. The number of rotatable bonds is 5. The molecule has 1 heterocycles. The number of terminal acetylenes is 1. The van der Waals surface area contributed by atoms with Crippen molar-refractivity contribution in [3.63, 3.8) is 0 Å². The molecular formula is C27H25N3O. The van der Waals surface area contributed by atoms with Crippen LogP contribution in [0, 0.1) is 26.2 Å². The van der Waals surface area contributed by atoms with Gasteiger partial charge < -0.3 is 9.88 Å². The summed E-state index contributed by atoms with van der Waals surface area (Å²) in [6, 6.07) is 20.5. The average molecular weight is 408 g/mol. The van der Waals surface area contributed by atoms with Crippen LogP contribution in [-0.2, 0) is 6.54 Å². The molecule has 4 heteroatoms. The van der Waals surface area contributed by atoms with Crippen LogP contribution in [0.4, 0.5) is 0 Å². The van der Waals surface area contributed by atoms with Crippen molar-refractivity contribution in [1.82, 2.24) is 14.9 Å². The molecule has 0 bridgehead atoms. The van der Waals surface area contributed by atoms with Gasteiger partial charge in [0.2, 0.25) is 0 Å². The lowest BCUT2D eigenvalue weighted by atomic mass is 9.94. The first-order valence-electron chi connectivity index (χ1n) is 10.4. The molecule has 0 aliphatic heterocycles. The van der Waals surface area contributed by atoms with E-state index < -0.39 is 0 Å². The van der Waals surface area contributed by atoms with Crippen molar-refractivity contribution in [2.75, 3.05) is 6.54 Å². The second-order valence-corrected chi connectivity index (χ2v) is 7.63. The Morgan fingerprint density at radius 2 is 1.81 bits per heavy atom. The van der Waals surface area contributed by atoms with Gasteiger partial charge in [-0.2, -0.15) is 0 Å². The lowest BCUT2D eigenvalue weighted by molar-refractivity contribution is 0.0959. The molecule has 0 saturated heterocycles. The van der Waals surface area contributed by atoms with Crippen molar-refractivity contribution in [2.24, 2.45) is 0 Å². The van der Waals surface area contributed by atoms with Crippen LogP contribution < -0.4 is 5.32 Å². The molecule has 0 aliphatic carbocycles. The van der Waals surface area contributed by atoms with Crippen LogP contribution in [0.2, 0.25) is 0 Å². The number of nitrogens with one attached hydrogen (secondary N) is 1. The minimum absolute atomic E-state index is 0.192. The molecule has 0 atom stereocenters. The first kappa shape index (κ1) is 20.4. The highest BCUT2D eigenvalue weighted by atomic mass is 16.1. The highest BCUT2D eigenvalue weighted by molar-refractivity contribution is 5.98. The molecule has 0 unspecified atom stereocenters. The Morgan fingerprint density at radius 1 is 1.03 bits per heavy atom. The van der Waals surface area contributed by atoms with Crippen LogP contribution >= 0.6 is 0 Å². The quantitative estimate of drug-likeness (QED) is 0.452. The molecule has 31 heavy (non-hydrogen) atoms. The van der Waals surface area contributed by atoms with E-state index in [1.165, 1.54) is 16.7 Å². The Morgan fingerprint density at radius 3 is 2.52 bits per heavy atom. The molecule has 4 aromatic rings. The van der Waals surface area contributed by atoms with E-state index in [0.29, 0.717) is 5.56 Å². The molecule has 0 saturated carbocycles. The van der Waals surface area contributed by atoms with Crippen molar-refractivity contribution in [1.29, 1.82) is 0 Å². The Bertz CT molecular complexity index is 1320. The fraction of sp³-hybridized carbons (Fsp3) is 0.185. The lowest BCUT2D eigenvalue weighted by Gasteiger charge is -2.14. The lowest BCUT2D eigenvalue weighted by Crippen LogP contribution is -2.23. The number of hydrogen-bond donors (Lipinski definition) is 1. The van der Waals surface area contributed by atoms with E-state index in [4.69, 9.17) is 11.4 Å². The van der Waals surface area contributed by atoms with Crippen LogP contribution in [0.25, 0.3) is 33.5 Å². The zero-order valence-corrected chi connectivity index (χ0v) is 18.1. The molecule has 154 valence electrons. The van der Waals surface area contributed by atoms with Crippen LogP contribution in [0.1, 0.15) is 28.4 Å². The summed E-state index contributed by atoms with van der Waals surface area (Å²) in [6.45, 7) is 7.34. The second kappa shape index (κ2) is 8.49. The van der Waals surface area contributed by atoms with Crippen LogP contribution in [-0.4, -0.2) is 22.0 Å². The molecular weight excluding hydrogens is 382 g/mol. The van der Waals surface area contributed by atoms with Crippen molar-refractivity contribution < 1.29 is 4.79 Å². The Hall–Kier alpha value is -3.84. The van der Waals surface area contributed by atoms with Gasteiger partial charge in [0, 0.05) is 17.7 Å². The van der Waals surface area contributed by atoms with E-state index in [-0.39, 0.29) is 12.5 Å². The molecule has 0 fully saturated rings. The maximum Gasteiger partial charge on any atom is 0.252 e. The van der Waals surface area contributed by atoms with Gasteiger partial charge in [-0.25, -0.2) is 4.98 Å². The van der Waals surface area contributed by atoms with E-state index in [9.17, 15) is 4.79 Å². The van der Waals surface area contributed by atoms with Crippen molar-refractivity contribution in [3.8, 4) is 34.9 Å². The summed E-state index contributed by atoms with van der Waals surface area (Å²) in [5, 5.41) is 2.71. The first-order valence-corrected chi connectivity index (χ1v) is 10.4. The van der Waals surface area contributed by atoms with Gasteiger partial charge in [-0.1, -0.05) is 53.9 Å². The maximum atomic E-state index is 12.3. The SMILES string of the molecule is C#CCNC(=O)c1ccc2c(c1)nc(-c1ccccc1-c1ccc(C)cc1C)n2CC. The predicted octanol–water partition coefficient (Wildman–Crippen LogP) is 5.37. The Kier molecular flexibility index (Phi) is 5.60. The number of nitrogens with zero attached hydrogens (tertiary/aromatic N) is 2. The van der Waals surface area contributed by atoms with E-state index in [1.807, 2.05) is 24.3 Å². The van der Waals surface area contributed by atoms with E-state index in [0.717, 1.165) is 34.5 Å². The molecule has 0 spiro atoms. The van der Waals surface area contributed by atoms with E-state index in [2.05, 4.69) is 73.0 Å². The minimum atomic E-state index is -0.192. The maximum absolute atomic E-state index is 12.3. The Labute approximate surface area is 182 Å². The first-order chi connectivity index (χ1) is 15.0. The zero-order chi connectivity index (χ0) is 22.0. The van der Waals surface area contributed by atoms with Gasteiger partial charge in [-0.05, 0) is 55.7 Å². The Balaban J connectivity index is 1.87. The van der Waals surface area contributed by atoms with Gasteiger partial charge in [0.05, 0.1) is 17.6 Å². The largest absolute Gasteiger partial charge is 0.341 e. The van der Waals surface area contributed by atoms with E-state index in [1.54, 1.807) is 0 Å². The summed E-state index contributed by atoms with van der Waals surface area (Å²) in [7, 11) is 0. The topological polar surface area (TPSA) is 46.9 Å².